The van der Waals surface area contributed by atoms with Crippen LogP contribution in [0.25, 0.3) is 0 Å². The molecule has 0 aliphatic carbocycles. The maximum atomic E-state index is 12.0. The fourth-order valence-corrected chi connectivity index (χ4v) is 1.54. The van der Waals surface area contributed by atoms with Gasteiger partial charge in [0.2, 0.25) is 0 Å². The van der Waals surface area contributed by atoms with Gasteiger partial charge in [0.1, 0.15) is 5.75 Å². The van der Waals surface area contributed by atoms with E-state index in [1.165, 1.54) is 18.2 Å². The van der Waals surface area contributed by atoms with E-state index in [2.05, 4.69) is 0 Å². The van der Waals surface area contributed by atoms with Crippen molar-refractivity contribution in [3.8, 4) is 11.8 Å². The van der Waals surface area contributed by atoms with Crippen molar-refractivity contribution in [2.24, 2.45) is 0 Å². The predicted molar refractivity (Wildman–Crippen MR) is 62.7 cm³/mol. The first-order chi connectivity index (χ1) is 8.22. The molecule has 0 atom stereocenters. The predicted octanol–water partition coefficient (Wildman–Crippen LogP) is 2.49. The lowest BCUT2D eigenvalue weighted by molar-refractivity contribution is 0.103. The molecule has 0 amide bonds. The number of carbonyl (C=O) groups excluding carboxylic acids is 1. The van der Waals surface area contributed by atoms with E-state index in [1.54, 1.807) is 24.3 Å². The Morgan fingerprint density at radius 2 is 1.82 bits per heavy atom. The second-order valence-corrected chi connectivity index (χ2v) is 3.54. The molecule has 17 heavy (non-hydrogen) atoms. The van der Waals surface area contributed by atoms with Crippen LogP contribution in [0.2, 0.25) is 0 Å². The Bertz CT molecular complexity index is 597. The summed E-state index contributed by atoms with van der Waals surface area (Å²) in [5.41, 5.74) is 1.04. The average Bonchev–Trinajstić information content (AvgIpc) is 2.39. The molecule has 0 unspecified atom stereocenters. The maximum Gasteiger partial charge on any atom is 0.196 e. The number of hydrogen-bond donors (Lipinski definition) is 1. The molecular weight excluding hydrogens is 214 g/mol. The van der Waals surface area contributed by atoms with Crippen molar-refractivity contribution in [3.05, 3.63) is 65.2 Å². The quantitative estimate of drug-likeness (QED) is 0.795. The molecule has 82 valence electrons. The number of nitriles is 1. The number of ketones is 1. The van der Waals surface area contributed by atoms with E-state index in [4.69, 9.17) is 5.26 Å². The number of carbonyl (C=O) groups is 1. The molecule has 2 rings (SSSR count). The van der Waals surface area contributed by atoms with Crippen LogP contribution in [0.3, 0.4) is 0 Å². The molecular formula is C14H9NO2. The minimum absolute atomic E-state index is 0.169. The average molecular weight is 223 g/mol. The second kappa shape index (κ2) is 4.50. The number of aromatic hydroxyl groups is 1. The number of benzene rings is 2. The van der Waals surface area contributed by atoms with Crippen LogP contribution < -0.4 is 0 Å². The summed E-state index contributed by atoms with van der Waals surface area (Å²) < 4.78 is 0. The summed E-state index contributed by atoms with van der Waals surface area (Å²) in [7, 11) is 0. The van der Waals surface area contributed by atoms with Gasteiger partial charge in [-0.05, 0) is 18.2 Å². The molecule has 0 aliphatic rings. The lowest BCUT2D eigenvalue weighted by Gasteiger charge is -2.03. The zero-order chi connectivity index (χ0) is 12.3. The Labute approximate surface area is 98.6 Å². The molecule has 0 heterocycles. The van der Waals surface area contributed by atoms with Gasteiger partial charge in [-0.15, -0.1) is 0 Å². The molecule has 0 bridgehead atoms. The molecule has 0 saturated carbocycles. The Morgan fingerprint density at radius 1 is 1.12 bits per heavy atom. The molecule has 0 aromatic heterocycles. The van der Waals surface area contributed by atoms with Crippen molar-refractivity contribution in [1.29, 1.82) is 5.26 Å². The molecule has 0 radical (unpaired) electrons. The van der Waals surface area contributed by atoms with Crippen LogP contribution in [-0.2, 0) is 0 Å². The Hall–Kier alpha value is -2.60. The Morgan fingerprint density at radius 3 is 2.41 bits per heavy atom. The summed E-state index contributed by atoms with van der Waals surface area (Å²) >= 11 is 0. The lowest BCUT2D eigenvalue weighted by Crippen LogP contribution is -2.01. The topological polar surface area (TPSA) is 61.1 Å². The van der Waals surface area contributed by atoms with E-state index < -0.39 is 0 Å². The van der Waals surface area contributed by atoms with Crippen molar-refractivity contribution >= 4 is 5.78 Å². The summed E-state index contributed by atoms with van der Waals surface area (Å²) in [5, 5.41) is 18.3. The standard InChI is InChI=1S/C14H9NO2/c15-9-10-6-7-12(13(16)8-10)14(17)11-4-2-1-3-5-11/h1-8,16H. The number of nitrogens with zero attached hydrogens (tertiary/aromatic N) is 1. The van der Waals surface area contributed by atoms with E-state index in [-0.39, 0.29) is 17.1 Å². The first-order valence-corrected chi connectivity index (χ1v) is 5.05. The maximum absolute atomic E-state index is 12.0. The van der Waals surface area contributed by atoms with E-state index in [0.717, 1.165) is 0 Å². The van der Waals surface area contributed by atoms with Gasteiger partial charge in [0, 0.05) is 5.56 Å². The molecule has 0 spiro atoms. The molecule has 0 saturated heterocycles. The first-order valence-electron chi connectivity index (χ1n) is 5.05. The highest BCUT2D eigenvalue weighted by Crippen LogP contribution is 2.21. The van der Waals surface area contributed by atoms with Gasteiger partial charge >= 0.3 is 0 Å². The highest BCUT2D eigenvalue weighted by atomic mass is 16.3. The number of hydrogen-bond acceptors (Lipinski definition) is 3. The highest BCUT2D eigenvalue weighted by molar-refractivity contribution is 6.10. The van der Waals surface area contributed by atoms with E-state index >= 15 is 0 Å². The van der Waals surface area contributed by atoms with Crippen molar-refractivity contribution in [3.63, 3.8) is 0 Å². The monoisotopic (exact) mass is 223 g/mol. The molecule has 2 aromatic carbocycles. The minimum atomic E-state index is -0.257. The van der Waals surface area contributed by atoms with Gasteiger partial charge in [0.15, 0.2) is 5.78 Å². The van der Waals surface area contributed by atoms with Gasteiger partial charge in [-0.3, -0.25) is 4.79 Å². The van der Waals surface area contributed by atoms with Gasteiger partial charge < -0.3 is 5.11 Å². The Balaban J connectivity index is 2.43. The SMILES string of the molecule is N#Cc1ccc(C(=O)c2ccccc2)c(O)c1. The molecule has 2 aromatic rings. The molecule has 0 aliphatic heterocycles. The van der Waals surface area contributed by atoms with Crippen LogP contribution in [0.4, 0.5) is 0 Å². The van der Waals surface area contributed by atoms with Gasteiger partial charge in [-0.1, -0.05) is 30.3 Å². The highest BCUT2D eigenvalue weighted by Gasteiger charge is 2.13. The summed E-state index contributed by atoms with van der Waals surface area (Å²) in [6, 6.07) is 14.9. The van der Waals surface area contributed by atoms with Crippen LogP contribution >= 0.6 is 0 Å². The van der Waals surface area contributed by atoms with Crippen molar-refractivity contribution < 1.29 is 9.90 Å². The smallest absolute Gasteiger partial charge is 0.196 e. The fraction of sp³-hybridized carbons (Fsp3) is 0. The van der Waals surface area contributed by atoms with E-state index in [1.807, 2.05) is 12.1 Å². The zero-order valence-electron chi connectivity index (χ0n) is 8.92. The van der Waals surface area contributed by atoms with Gasteiger partial charge in [-0.2, -0.15) is 5.26 Å². The zero-order valence-corrected chi connectivity index (χ0v) is 8.92. The number of rotatable bonds is 2. The van der Waals surface area contributed by atoms with Gasteiger partial charge in [0.05, 0.1) is 17.2 Å². The van der Waals surface area contributed by atoms with Crippen LogP contribution in [0.15, 0.2) is 48.5 Å². The summed E-state index contributed by atoms with van der Waals surface area (Å²) in [6.45, 7) is 0. The molecule has 3 nitrogen and oxygen atoms in total. The van der Waals surface area contributed by atoms with Crippen LogP contribution in [0.1, 0.15) is 21.5 Å². The Kier molecular flexibility index (Phi) is 2.89. The van der Waals surface area contributed by atoms with Crippen LogP contribution in [0.5, 0.6) is 5.75 Å². The molecule has 0 fully saturated rings. The van der Waals surface area contributed by atoms with Crippen LogP contribution in [0, 0.1) is 11.3 Å². The number of phenols is 1. The molecule has 3 heteroatoms. The minimum Gasteiger partial charge on any atom is -0.507 e. The third-order valence-electron chi connectivity index (χ3n) is 2.41. The van der Waals surface area contributed by atoms with Crippen molar-refractivity contribution in [2.45, 2.75) is 0 Å². The largest absolute Gasteiger partial charge is 0.507 e. The second-order valence-electron chi connectivity index (χ2n) is 3.54. The van der Waals surface area contributed by atoms with Gasteiger partial charge in [0.25, 0.3) is 0 Å². The number of phenolic OH excluding ortho intramolecular Hbond substituents is 1. The van der Waals surface area contributed by atoms with Crippen molar-refractivity contribution in [2.75, 3.05) is 0 Å². The summed E-state index contributed by atoms with van der Waals surface area (Å²) in [6.07, 6.45) is 0. The summed E-state index contributed by atoms with van der Waals surface area (Å²) in [5.74, 6) is -0.425. The van der Waals surface area contributed by atoms with Crippen LogP contribution in [-0.4, -0.2) is 10.9 Å². The van der Waals surface area contributed by atoms with Crippen molar-refractivity contribution in [1.82, 2.24) is 0 Å². The third kappa shape index (κ3) is 2.16. The third-order valence-corrected chi connectivity index (χ3v) is 2.41. The lowest BCUT2D eigenvalue weighted by atomic mass is 10.0. The normalized spacial score (nSPS) is 9.59. The molecule has 1 N–H and O–H groups in total. The fourth-order valence-electron chi connectivity index (χ4n) is 1.54. The van der Waals surface area contributed by atoms with E-state index in [0.29, 0.717) is 11.1 Å². The van der Waals surface area contributed by atoms with Gasteiger partial charge in [-0.25, -0.2) is 0 Å². The van der Waals surface area contributed by atoms with E-state index in [9.17, 15) is 9.90 Å². The first kappa shape index (κ1) is 10.9. The summed E-state index contributed by atoms with van der Waals surface area (Å²) in [4.78, 5) is 12.0.